The topological polar surface area (TPSA) is 42.4 Å². The predicted molar refractivity (Wildman–Crippen MR) is 163 cm³/mol. The quantitative estimate of drug-likeness (QED) is 0.250. The van der Waals surface area contributed by atoms with Crippen molar-refractivity contribution in [3.63, 3.8) is 0 Å². The number of methoxy groups -OCH3 is 1. The van der Waals surface area contributed by atoms with Gasteiger partial charge in [-0.2, -0.15) is 0 Å². The molecule has 1 aliphatic heterocycles. The van der Waals surface area contributed by atoms with Gasteiger partial charge in [0.25, 0.3) is 0 Å². The van der Waals surface area contributed by atoms with Crippen LogP contribution in [0.5, 0.6) is 5.75 Å². The molecule has 0 aliphatic carbocycles. The molecule has 1 saturated heterocycles. The highest BCUT2D eigenvalue weighted by Crippen LogP contribution is 2.39. The van der Waals surface area contributed by atoms with Gasteiger partial charge >= 0.3 is 0 Å². The van der Waals surface area contributed by atoms with Gasteiger partial charge < -0.3 is 14.3 Å². The number of ether oxygens (including phenoxy) is 1. The normalized spacial score (nSPS) is 21.9. The van der Waals surface area contributed by atoms with Crippen LogP contribution in [0.1, 0.15) is 89.7 Å². The molecule has 210 valence electrons. The SMILES string of the molecule is C=CC1CCC[N+](Cc2cc(C(C)(C)C)cc(C(C)(C)C)c2)(C(C)C(O)c2ccnc3ccc(OC)cc23)C1. The zero-order chi connectivity index (χ0) is 28.6. The van der Waals surface area contributed by atoms with E-state index in [2.05, 4.69) is 84.3 Å². The number of aromatic nitrogens is 1. The first-order valence-electron chi connectivity index (χ1n) is 14.5. The Morgan fingerprint density at radius 3 is 2.31 bits per heavy atom. The minimum absolute atomic E-state index is 0.0130. The molecule has 1 aromatic heterocycles. The highest BCUT2D eigenvalue weighted by atomic mass is 16.5. The first-order chi connectivity index (χ1) is 18.3. The number of rotatable bonds is 7. The molecular formula is C35H49N2O2+. The molecule has 4 atom stereocenters. The molecule has 2 heterocycles. The molecule has 4 rings (SSSR count). The molecule has 1 aliphatic rings. The van der Waals surface area contributed by atoms with E-state index < -0.39 is 6.10 Å². The fraction of sp³-hybridized carbons (Fsp3) is 0.514. The number of aliphatic hydroxyl groups is 1. The summed E-state index contributed by atoms with van der Waals surface area (Å²) in [7, 11) is 1.68. The summed E-state index contributed by atoms with van der Waals surface area (Å²) >= 11 is 0. The van der Waals surface area contributed by atoms with Crippen molar-refractivity contribution in [3.8, 4) is 5.75 Å². The van der Waals surface area contributed by atoms with Crippen LogP contribution in [-0.4, -0.2) is 40.8 Å². The maximum atomic E-state index is 12.1. The lowest BCUT2D eigenvalue weighted by Crippen LogP contribution is -2.60. The summed E-state index contributed by atoms with van der Waals surface area (Å²) in [5, 5.41) is 13.0. The lowest BCUT2D eigenvalue weighted by atomic mass is 9.79. The molecule has 2 aromatic carbocycles. The number of likely N-dealkylation sites (tertiary alicyclic amines) is 1. The fourth-order valence-electron chi connectivity index (χ4n) is 6.27. The van der Waals surface area contributed by atoms with E-state index in [9.17, 15) is 5.11 Å². The van der Waals surface area contributed by atoms with Gasteiger partial charge in [-0.25, -0.2) is 0 Å². The zero-order valence-electron chi connectivity index (χ0n) is 25.4. The van der Waals surface area contributed by atoms with Gasteiger partial charge in [-0.1, -0.05) is 53.7 Å². The van der Waals surface area contributed by atoms with Crippen molar-refractivity contribution in [2.45, 2.75) is 90.8 Å². The Labute approximate surface area is 236 Å². The summed E-state index contributed by atoms with van der Waals surface area (Å²) in [6.45, 7) is 23.1. The molecular weight excluding hydrogens is 480 g/mol. The van der Waals surface area contributed by atoms with Crippen molar-refractivity contribution in [3.05, 3.63) is 83.6 Å². The van der Waals surface area contributed by atoms with Crippen LogP contribution in [-0.2, 0) is 17.4 Å². The molecule has 4 unspecified atom stereocenters. The molecule has 1 fully saturated rings. The summed E-state index contributed by atoms with van der Waals surface area (Å²) in [5.74, 6) is 1.22. The lowest BCUT2D eigenvalue weighted by Gasteiger charge is -2.49. The second kappa shape index (κ2) is 11.1. The summed E-state index contributed by atoms with van der Waals surface area (Å²) in [6.07, 6.45) is 5.60. The van der Waals surface area contributed by atoms with Crippen molar-refractivity contribution < 1.29 is 14.3 Å². The minimum Gasteiger partial charge on any atom is -0.497 e. The van der Waals surface area contributed by atoms with Gasteiger partial charge in [0.15, 0.2) is 0 Å². The van der Waals surface area contributed by atoms with E-state index in [4.69, 9.17) is 4.74 Å². The Hall–Kier alpha value is -2.69. The average Bonchev–Trinajstić information content (AvgIpc) is 2.90. The number of fused-ring (bicyclic) bond motifs is 1. The maximum Gasteiger partial charge on any atom is 0.131 e. The lowest BCUT2D eigenvalue weighted by molar-refractivity contribution is -0.972. The first kappa shape index (κ1) is 29.3. The van der Waals surface area contributed by atoms with Crippen LogP contribution in [0.3, 0.4) is 0 Å². The van der Waals surface area contributed by atoms with Crippen LogP contribution in [0.2, 0.25) is 0 Å². The summed E-state index contributed by atoms with van der Waals surface area (Å²) in [4.78, 5) is 4.56. The van der Waals surface area contributed by atoms with Crippen molar-refractivity contribution >= 4 is 10.9 Å². The van der Waals surface area contributed by atoms with Crippen molar-refractivity contribution in [1.82, 2.24) is 4.98 Å². The fourth-order valence-corrected chi connectivity index (χ4v) is 6.27. The third-order valence-electron chi connectivity index (χ3n) is 8.95. The molecule has 4 heteroatoms. The minimum atomic E-state index is -0.640. The molecule has 0 spiro atoms. The third-order valence-corrected chi connectivity index (χ3v) is 8.95. The Bertz CT molecular complexity index is 1280. The van der Waals surface area contributed by atoms with Gasteiger partial charge in [-0.15, -0.1) is 6.58 Å². The van der Waals surface area contributed by atoms with Gasteiger partial charge in [0.2, 0.25) is 0 Å². The molecule has 0 bridgehead atoms. The van der Waals surface area contributed by atoms with Crippen molar-refractivity contribution in [2.75, 3.05) is 20.2 Å². The number of nitrogens with zero attached hydrogens (tertiary/aromatic N) is 2. The molecule has 39 heavy (non-hydrogen) atoms. The van der Waals surface area contributed by atoms with Crippen LogP contribution < -0.4 is 4.74 Å². The Kier molecular flexibility index (Phi) is 8.31. The summed E-state index contributed by atoms with van der Waals surface area (Å²) in [6, 6.07) is 15.1. The second-order valence-corrected chi connectivity index (χ2v) is 13.8. The van der Waals surface area contributed by atoms with Crippen LogP contribution >= 0.6 is 0 Å². The number of aliphatic hydroxyl groups excluding tert-OH is 1. The highest BCUT2D eigenvalue weighted by molar-refractivity contribution is 5.83. The van der Waals surface area contributed by atoms with Gasteiger partial charge in [-0.05, 0) is 83.7 Å². The molecule has 0 radical (unpaired) electrons. The van der Waals surface area contributed by atoms with E-state index in [0.717, 1.165) is 59.2 Å². The third kappa shape index (κ3) is 6.23. The van der Waals surface area contributed by atoms with E-state index >= 15 is 0 Å². The first-order valence-corrected chi connectivity index (χ1v) is 14.5. The van der Waals surface area contributed by atoms with Crippen molar-refractivity contribution in [2.24, 2.45) is 5.92 Å². The Morgan fingerprint density at radius 2 is 1.72 bits per heavy atom. The van der Waals surface area contributed by atoms with Gasteiger partial charge in [0.1, 0.15) is 24.4 Å². The Morgan fingerprint density at radius 1 is 1.05 bits per heavy atom. The molecule has 4 nitrogen and oxygen atoms in total. The number of pyridine rings is 1. The summed E-state index contributed by atoms with van der Waals surface area (Å²) in [5.41, 5.74) is 6.03. The zero-order valence-corrected chi connectivity index (χ0v) is 25.4. The van der Waals surface area contributed by atoms with E-state index in [0.29, 0.717) is 5.92 Å². The highest BCUT2D eigenvalue weighted by Gasteiger charge is 2.43. The summed E-state index contributed by atoms with van der Waals surface area (Å²) < 4.78 is 6.35. The number of benzene rings is 2. The molecule has 0 amide bonds. The Balaban J connectivity index is 1.81. The molecule has 1 N–H and O–H groups in total. The standard InChI is InChI=1S/C35H49N2O2/c1-10-25-12-11-17-37(22-25,23-26-18-27(34(3,4)5)20-28(19-26)35(6,7)8)24(2)33(38)30-15-16-36-32-14-13-29(39-9)21-31(30)32/h10,13-16,18-21,24-25,33,38H,1,11-12,17,22-23H2,2-9H3/q+1. The van der Waals surface area contributed by atoms with Gasteiger partial charge in [0.05, 0.1) is 25.7 Å². The van der Waals surface area contributed by atoms with Crippen molar-refractivity contribution in [1.29, 1.82) is 0 Å². The number of hydrogen-bond acceptors (Lipinski definition) is 3. The van der Waals surface area contributed by atoms with E-state index in [1.807, 2.05) is 30.5 Å². The molecule has 0 saturated carbocycles. The van der Waals surface area contributed by atoms with E-state index in [-0.39, 0.29) is 16.9 Å². The smallest absolute Gasteiger partial charge is 0.131 e. The molecule has 3 aromatic rings. The maximum absolute atomic E-state index is 12.1. The number of piperidine rings is 1. The van der Waals surface area contributed by atoms with Crippen LogP contribution in [0.25, 0.3) is 10.9 Å². The van der Waals surface area contributed by atoms with E-state index in [1.165, 1.54) is 16.7 Å². The van der Waals surface area contributed by atoms with Gasteiger partial charge in [-0.3, -0.25) is 4.98 Å². The number of quaternary nitrogens is 1. The van der Waals surface area contributed by atoms with Crippen LogP contribution in [0.15, 0.2) is 61.3 Å². The second-order valence-electron chi connectivity index (χ2n) is 13.8. The van der Waals surface area contributed by atoms with Gasteiger partial charge in [0, 0.05) is 23.1 Å². The number of hydrogen-bond donors (Lipinski definition) is 1. The van der Waals surface area contributed by atoms with Crippen LogP contribution in [0, 0.1) is 5.92 Å². The van der Waals surface area contributed by atoms with E-state index in [1.54, 1.807) is 7.11 Å². The monoisotopic (exact) mass is 529 g/mol. The largest absolute Gasteiger partial charge is 0.497 e. The van der Waals surface area contributed by atoms with Crippen LogP contribution in [0.4, 0.5) is 0 Å². The average molecular weight is 530 g/mol. The predicted octanol–water partition coefficient (Wildman–Crippen LogP) is 7.87.